The number of aryl methyl sites for hydroxylation is 1. The summed E-state index contributed by atoms with van der Waals surface area (Å²) in [6.45, 7) is 0. The van der Waals surface area contributed by atoms with Gasteiger partial charge >= 0.3 is 0 Å². The van der Waals surface area contributed by atoms with Crippen LogP contribution in [0.4, 0.5) is 0 Å². The summed E-state index contributed by atoms with van der Waals surface area (Å²) in [7, 11) is 0. The molecule has 0 aliphatic heterocycles. The topological polar surface area (TPSA) is 22.0 Å². The van der Waals surface area contributed by atoms with Crippen molar-refractivity contribution in [1.29, 1.82) is 0 Å². The minimum absolute atomic E-state index is 0.0252. The summed E-state index contributed by atoms with van der Waals surface area (Å²) >= 11 is 0. The minimum atomic E-state index is 0.0252. The first-order valence-corrected chi connectivity index (χ1v) is 7.91. The predicted octanol–water partition coefficient (Wildman–Crippen LogP) is 4.80. The maximum absolute atomic E-state index is 13.1. The summed E-state index contributed by atoms with van der Waals surface area (Å²) in [6.07, 6.45) is 6.24. The molecule has 0 N–H and O–H groups in total. The molecule has 1 heterocycles. The van der Waals surface area contributed by atoms with E-state index in [2.05, 4.69) is 30.4 Å². The number of fused-ring (bicyclic) bond motifs is 1. The van der Waals surface area contributed by atoms with Gasteiger partial charge in [0.05, 0.1) is 11.4 Å². The Hall–Kier alpha value is -2.87. The van der Waals surface area contributed by atoms with E-state index in [1.165, 1.54) is 5.56 Å². The summed E-state index contributed by atoms with van der Waals surface area (Å²) in [4.78, 5) is 13.1. The number of aromatic nitrogens is 1. The summed E-state index contributed by atoms with van der Waals surface area (Å²) in [5.74, 6) is 0.0252. The van der Waals surface area contributed by atoms with Gasteiger partial charge in [0.15, 0.2) is 0 Å². The first-order valence-electron chi connectivity index (χ1n) is 7.91. The SMILES string of the molecule is O=C(c1ccccc1)n1c(-c2ccccc2)cc2c1C=CCC2. The molecule has 0 atom stereocenters. The van der Waals surface area contributed by atoms with Crippen LogP contribution in [0, 0.1) is 0 Å². The molecule has 2 aromatic carbocycles. The zero-order chi connectivity index (χ0) is 15.6. The van der Waals surface area contributed by atoms with Crippen LogP contribution in [-0.4, -0.2) is 10.5 Å². The van der Waals surface area contributed by atoms with Crippen LogP contribution in [0.2, 0.25) is 0 Å². The Bertz CT molecular complexity index is 873. The molecule has 0 unspecified atom stereocenters. The van der Waals surface area contributed by atoms with Crippen molar-refractivity contribution in [2.75, 3.05) is 0 Å². The lowest BCUT2D eigenvalue weighted by Gasteiger charge is -2.13. The molecule has 0 fully saturated rings. The standard InChI is InChI=1S/C21H17NO/c23-21(17-11-5-2-6-12-17)22-19-14-8-7-13-18(19)15-20(22)16-9-3-1-4-10-16/h1-6,8-12,14-15H,7,13H2. The van der Waals surface area contributed by atoms with Crippen LogP contribution in [0.15, 0.2) is 72.8 Å². The summed E-state index contributed by atoms with van der Waals surface area (Å²) in [5, 5.41) is 0. The highest BCUT2D eigenvalue weighted by molar-refractivity contribution is 6.00. The summed E-state index contributed by atoms with van der Waals surface area (Å²) in [5.41, 5.74) is 5.01. The van der Waals surface area contributed by atoms with Gasteiger partial charge < -0.3 is 0 Å². The van der Waals surface area contributed by atoms with Crippen LogP contribution < -0.4 is 0 Å². The van der Waals surface area contributed by atoms with E-state index in [-0.39, 0.29) is 5.91 Å². The zero-order valence-electron chi connectivity index (χ0n) is 12.8. The van der Waals surface area contributed by atoms with E-state index in [9.17, 15) is 4.79 Å². The lowest BCUT2D eigenvalue weighted by molar-refractivity contribution is 0.0961. The van der Waals surface area contributed by atoms with E-state index in [1.54, 1.807) is 0 Å². The molecule has 0 saturated heterocycles. The molecule has 2 heteroatoms. The van der Waals surface area contributed by atoms with Gasteiger partial charge in [-0.25, -0.2) is 0 Å². The largest absolute Gasteiger partial charge is 0.276 e. The van der Waals surface area contributed by atoms with Crippen LogP contribution in [0.5, 0.6) is 0 Å². The maximum atomic E-state index is 13.1. The molecule has 112 valence electrons. The van der Waals surface area contributed by atoms with Gasteiger partial charge in [-0.05, 0) is 48.2 Å². The van der Waals surface area contributed by atoms with Crippen molar-refractivity contribution in [3.05, 3.63) is 89.6 Å². The fourth-order valence-corrected chi connectivity index (χ4v) is 3.14. The third-order valence-corrected chi connectivity index (χ3v) is 4.27. The fraction of sp³-hybridized carbons (Fsp3) is 0.0952. The van der Waals surface area contributed by atoms with Crippen molar-refractivity contribution in [3.8, 4) is 11.3 Å². The second-order valence-electron chi connectivity index (χ2n) is 5.75. The smallest absolute Gasteiger partial charge is 0.262 e. The molecular formula is C21H17NO. The second kappa shape index (κ2) is 5.73. The monoisotopic (exact) mass is 299 g/mol. The Morgan fingerprint density at radius 2 is 1.61 bits per heavy atom. The van der Waals surface area contributed by atoms with E-state index in [0.717, 1.165) is 29.8 Å². The molecule has 3 aromatic rings. The molecule has 23 heavy (non-hydrogen) atoms. The van der Waals surface area contributed by atoms with Crippen molar-refractivity contribution in [2.45, 2.75) is 12.8 Å². The molecule has 0 bridgehead atoms. The van der Waals surface area contributed by atoms with Gasteiger partial charge in [-0.3, -0.25) is 9.36 Å². The molecule has 0 saturated carbocycles. The van der Waals surface area contributed by atoms with Gasteiger partial charge in [0.1, 0.15) is 0 Å². The quantitative estimate of drug-likeness (QED) is 0.666. The number of hydrogen-bond donors (Lipinski definition) is 0. The Balaban J connectivity index is 1.93. The number of nitrogens with zero attached hydrogens (tertiary/aromatic N) is 1. The van der Waals surface area contributed by atoms with Gasteiger partial charge in [0.2, 0.25) is 0 Å². The first-order chi connectivity index (χ1) is 11.3. The molecule has 4 rings (SSSR count). The Morgan fingerprint density at radius 3 is 2.35 bits per heavy atom. The van der Waals surface area contributed by atoms with Crippen LogP contribution in [0.3, 0.4) is 0 Å². The number of allylic oxidation sites excluding steroid dienone is 1. The number of hydrogen-bond acceptors (Lipinski definition) is 1. The third-order valence-electron chi connectivity index (χ3n) is 4.27. The van der Waals surface area contributed by atoms with Crippen molar-refractivity contribution >= 4 is 12.0 Å². The number of benzene rings is 2. The van der Waals surface area contributed by atoms with Gasteiger partial charge in [-0.2, -0.15) is 0 Å². The van der Waals surface area contributed by atoms with E-state index in [0.29, 0.717) is 5.56 Å². The highest BCUT2D eigenvalue weighted by Crippen LogP contribution is 2.31. The number of rotatable bonds is 2. The highest BCUT2D eigenvalue weighted by atomic mass is 16.2. The van der Waals surface area contributed by atoms with E-state index in [1.807, 2.05) is 53.1 Å². The fourth-order valence-electron chi connectivity index (χ4n) is 3.14. The average Bonchev–Trinajstić information content (AvgIpc) is 3.02. The number of carbonyl (C=O) groups is 1. The van der Waals surface area contributed by atoms with Gasteiger partial charge in [-0.15, -0.1) is 0 Å². The van der Waals surface area contributed by atoms with Gasteiger partial charge in [0.25, 0.3) is 5.91 Å². The van der Waals surface area contributed by atoms with Crippen LogP contribution in [0.25, 0.3) is 17.3 Å². The molecule has 0 spiro atoms. The van der Waals surface area contributed by atoms with Crippen LogP contribution >= 0.6 is 0 Å². The van der Waals surface area contributed by atoms with Crippen molar-refractivity contribution in [1.82, 2.24) is 4.57 Å². The lowest BCUT2D eigenvalue weighted by atomic mass is 10.0. The van der Waals surface area contributed by atoms with Gasteiger partial charge in [0, 0.05) is 5.56 Å². The minimum Gasteiger partial charge on any atom is -0.276 e. The Kier molecular flexibility index (Phi) is 3.43. The molecule has 1 aliphatic rings. The molecule has 2 nitrogen and oxygen atoms in total. The maximum Gasteiger partial charge on any atom is 0.262 e. The normalized spacial score (nSPS) is 12.9. The van der Waals surface area contributed by atoms with Crippen molar-refractivity contribution in [3.63, 3.8) is 0 Å². The molecular weight excluding hydrogens is 282 g/mol. The van der Waals surface area contributed by atoms with E-state index in [4.69, 9.17) is 0 Å². The van der Waals surface area contributed by atoms with Crippen LogP contribution in [-0.2, 0) is 6.42 Å². The average molecular weight is 299 g/mol. The summed E-state index contributed by atoms with van der Waals surface area (Å²) in [6, 6.07) is 21.8. The van der Waals surface area contributed by atoms with E-state index < -0.39 is 0 Å². The highest BCUT2D eigenvalue weighted by Gasteiger charge is 2.21. The predicted molar refractivity (Wildman–Crippen MR) is 93.4 cm³/mol. The number of carbonyl (C=O) groups excluding carboxylic acids is 1. The Morgan fingerprint density at radius 1 is 0.913 bits per heavy atom. The third kappa shape index (κ3) is 2.42. The molecule has 0 amide bonds. The lowest BCUT2D eigenvalue weighted by Crippen LogP contribution is -2.15. The molecule has 1 aromatic heterocycles. The van der Waals surface area contributed by atoms with Crippen LogP contribution in [0.1, 0.15) is 28.0 Å². The first kappa shape index (κ1) is 13.8. The van der Waals surface area contributed by atoms with E-state index >= 15 is 0 Å². The Labute approximate surface area is 135 Å². The zero-order valence-corrected chi connectivity index (χ0v) is 12.8. The van der Waals surface area contributed by atoms with Gasteiger partial charge in [-0.1, -0.05) is 54.6 Å². The molecule has 0 radical (unpaired) electrons. The summed E-state index contributed by atoms with van der Waals surface area (Å²) < 4.78 is 1.86. The second-order valence-corrected chi connectivity index (χ2v) is 5.75. The van der Waals surface area contributed by atoms with Crippen molar-refractivity contribution in [2.24, 2.45) is 0 Å². The molecule has 1 aliphatic carbocycles. The van der Waals surface area contributed by atoms with Crippen molar-refractivity contribution < 1.29 is 4.79 Å².